The molecule has 1 fully saturated rings. The first-order valence-corrected chi connectivity index (χ1v) is 12.4. The Balaban J connectivity index is 1.36. The molecular weight excluding hydrogens is 398 g/mol. The van der Waals surface area contributed by atoms with Crippen molar-refractivity contribution in [3.63, 3.8) is 0 Å². The minimum Gasteiger partial charge on any atom is -0.300 e. The van der Waals surface area contributed by atoms with Crippen LogP contribution in [0.4, 0.5) is 5.69 Å². The number of anilines is 1. The molecule has 0 aromatic heterocycles. The zero-order chi connectivity index (χ0) is 21.1. The van der Waals surface area contributed by atoms with Gasteiger partial charge in [-0.2, -0.15) is 0 Å². The van der Waals surface area contributed by atoms with E-state index in [0.717, 1.165) is 63.8 Å². The first-order valence-electron chi connectivity index (χ1n) is 10.5. The molecule has 1 heterocycles. The summed E-state index contributed by atoms with van der Waals surface area (Å²) >= 11 is 0. The lowest BCUT2D eigenvalue weighted by Crippen LogP contribution is -2.53. The Morgan fingerprint density at radius 3 is 2.47 bits per heavy atom. The average Bonchev–Trinajstić information content (AvgIpc) is 2.73. The summed E-state index contributed by atoms with van der Waals surface area (Å²) in [5.41, 5.74) is 3.48. The molecule has 0 bridgehead atoms. The molecule has 0 amide bonds. The average molecular weight is 428 g/mol. The van der Waals surface area contributed by atoms with Gasteiger partial charge >= 0.3 is 0 Å². The molecule has 0 spiro atoms. The predicted octanol–water partition coefficient (Wildman–Crippen LogP) is 2.42. The van der Waals surface area contributed by atoms with Crippen molar-refractivity contribution in [2.45, 2.75) is 25.3 Å². The fourth-order valence-electron chi connectivity index (χ4n) is 4.48. The van der Waals surface area contributed by atoms with Gasteiger partial charge in [0.05, 0.1) is 12.3 Å². The second-order valence-corrected chi connectivity index (χ2v) is 10.0. The number of sulfonamides is 1. The first kappa shape index (κ1) is 21.0. The Kier molecular flexibility index (Phi) is 6.22. The van der Waals surface area contributed by atoms with Gasteiger partial charge in [0.2, 0.25) is 10.0 Å². The van der Waals surface area contributed by atoms with E-state index >= 15 is 0 Å². The van der Waals surface area contributed by atoms with Crippen molar-refractivity contribution >= 4 is 21.5 Å². The smallest absolute Gasteiger partial charge is 0.229 e. The fourth-order valence-corrected chi connectivity index (χ4v) is 5.04. The number of aryl methyl sites for hydroxylation is 1. The summed E-state index contributed by atoms with van der Waals surface area (Å²) < 4.78 is 25.5. The van der Waals surface area contributed by atoms with Gasteiger partial charge in [-0.05, 0) is 42.5 Å². The third kappa shape index (κ3) is 5.09. The molecule has 30 heavy (non-hydrogen) atoms. The van der Waals surface area contributed by atoms with E-state index in [2.05, 4.69) is 38.8 Å². The van der Waals surface area contributed by atoms with Crippen molar-refractivity contribution in [2.24, 2.45) is 0 Å². The Morgan fingerprint density at radius 1 is 1.03 bits per heavy atom. The molecule has 1 saturated heterocycles. The number of hydrogen-bond donors (Lipinski definition) is 1. The Labute approximate surface area is 178 Å². The monoisotopic (exact) mass is 427 g/mol. The lowest BCUT2D eigenvalue weighted by atomic mass is 9.85. The number of carbonyl (C=O) groups excluding carboxylic acids is 1. The van der Waals surface area contributed by atoms with Crippen LogP contribution in [0.15, 0.2) is 48.5 Å². The molecule has 0 saturated carbocycles. The zero-order valence-corrected chi connectivity index (χ0v) is 18.2. The number of benzene rings is 2. The van der Waals surface area contributed by atoms with Gasteiger partial charge in [0.1, 0.15) is 0 Å². The molecule has 2 aromatic carbocycles. The lowest BCUT2D eigenvalue weighted by Gasteiger charge is -2.40. The number of ketones is 1. The summed E-state index contributed by atoms with van der Waals surface area (Å²) in [6.45, 7) is 4.77. The van der Waals surface area contributed by atoms with E-state index in [9.17, 15) is 13.2 Å². The second kappa shape index (κ2) is 8.88. The van der Waals surface area contributed by atoms with Gasteiger partial charge in [0, 0.05) is 44.0 Å². The van der Waals surface area contributed by atoms with Crippen molar-refractivity contribution in [3.8, 4) is 0 Å². The van der Waals surface area contributed by atoms with Crippen molar-refractivity contribution in [1.29, 1.82) is 0 Å². The second-order valence-electron chi connectivity index (χ2n) is 8.28. The fraction of sp³-hybridized carbons (Fsp3) is 0.435. The van der Waals surface area contributed by atoms with Gasteiger partial charge in [-0.25, -0.2) is 8.42 Å². The van der Waals surface area contributed by atoms with Crippen LogP contribution in [-0.4, -0.2) is 69.0 Å². The van der Waals surface area contributed by atoms with E-state index in [1.807, 2.05) is 12.1 Å². The largest absolute Gasteiger partial charge is 0.300 e. The van der Waals surface area contributed by atoms with Crippen LogP contribution in [0, 0.1) is 0 Å². The highest BCUT2D eigenvalue weighted by molar-refractivity contribution is 7.92. The van der Waals surface area contributed by atoms with Crippen molar-refractivity contribution < 1.29 is 13.2 Å². The van der Waals surface area contributed by atoms with Crippen LogP contribution in [0.25, 0.3) is 0 Å². The molecule has 1 unspecified atom stereocenters. The van der Waals surface area contributed by atoms with E-state index in [1.54, 1.807) is 12.1 Å². The lowest BCUT2D eigenvalue weighted by molar-refractivity contribution is 0.0633. The summed E-state index contributed by atoms with van der Waals surface area (Å²) in [5.74, 6) is 0.117. The van der Waals surface area contributed by atoms with Crippen LogP contribution in [0.2, 0.25) is 0 Å². The van der Waals surface area contributed by atoms with E-state index in [-0.39, 0.29) is 11.8 Å². The number of carbonyl (C=O) groups is 1. The summed E-state index contributed by atoms with van der Waals surface area (Å²) in [6, 6.07) is 15.7. The van der Waals surface area contributed by atoms with Gasteiger partial charge in [0.15, 0.2) is 5.78 Å². The molecule has 160 valence electrons. The summed E-state index contributed by atoms with van der Waals surface area (Å²) in [6.07, 6.45) is 3.84. The van der Waals surface area contributed by atoms with Gasteiger partial charge in [-0.1, -0.05) is 36.4 Å². The van der Waals surface area contributed by atoms with Gasteiger partial charge in [-0.3, -0.25) is 14.4 Å². The van der Waals surface area contributed by atoms with E-state index in [1.165, 1.54) is 5.56 Å². The number of fused-ring (bicyclic) bond motifs is 1. The highest BCUT2D eigenvalue weighted by Gasteiger charge is 2.33. The molecule has 7 heteroatoms. The number of nitrogens with zero attached hydrogens (tertiary/aromatic N) is 2. The van der Waals surface area contributed by atoms with Crippen LogP contribution in [0.5, 0.6) is 0 Å². The zero-order valence-electron chi connectivity index (χ0n) is 17.4. The minimum absolute atomic E-state index is 0.109. The SMILES string of the molecule is CS(=O)(=O)Nc1ccc2c(c1)C(=O)C(N1CCN(CCc3ccccc3)CC1)CC2. The minimum atomic E-state index is -3.36. The van der Waals surface area contributed by atoms with Crippen molar-refractivity contribution in [2.75, 3.05) is 43.7 Å². The third-order valence-electron chi connectivity index (χ3n) is 6.08. The molecule has 1 aliphatic carbocycles. The Bertz CT molecular complexity index is 1000. The number of hydrogen-bond acceptors (Lipinski definition) is 5. The van der Waals surface area contributed by atoms with E-state index in [4.69, 9.17) is 0 Å². The first-order chi connectivity index (χ1) is 14.4. The maximum absolute atomic E-state index is 13.2. The summed E-state index contributed by atoms with van der Waals surface area (Å²) in [4.78, 5) is 18.0. The number of Topliss-reactive ketones (excluding diaryl/α,β-unsaturated/α-hetero) is 1. The maximum atomic E-state index is 13.2. The van der Waals surface area contributed by atoms with Crippen LogP contribution >= 0.6 is 0 Å². The summed E-state index contributed by atoms with van der Waals surface area (Å²) in [5, 5.41) is 0. The molecule has 1 aliphatic heterocycles. The number of nitrogens with one attached hydrogen (secondary N) is 1. The maximum Gasteiger partial charge on any atom is 0.229 e. The summed E-state index contributed by atoms with van der Waals surface area (Å²) in [7, 11) is -3.36. The van der Waals surface area contributed by atoms with Crippen molar-refractivity contribution in [1.82, 2.24) is 9.80 Å². The molecular formula is C23H29N3O3S. The molecule has 6 nitrogen and oxygen atoms in total. The van der Waals surface area contributed by atoms with E-state index in [0.29, 0.717) is 11.3 Å². The van der Waals surface area contributed by atoms with Crippen LogP contribution < -0.4 is 4.72 Å². The molecule has 0 radical (unpaired) electrons. The molecule has 1 N–H and O–H groups in total. The standard InChI is InChI=1S/C23H29N3O3S/c1-30(28,29)24-20-9-7-19-8-10-22(23(27)21(19)17-20)26-15-13-25(14-16-26)12-11-18-5-3-2-4-6-18/h2-7,9,17,22,24H,8,10-16H2,1H3. The van der Waals surface area contributed by atoms with Crippen LogP contribution in [0.1, 0.15) is 27.9 Å². The molecule has 1 atom stereocenters. The highest BCUT2D eigenvalue weighted by Crippen LogP contribution is 2.28. The Morgan fingerprint density at radius 2 is 1.77 bits per heavy atom. The molecule has 4 rings (SSSR count). The van der Waals surface area contributed by atoms with Gasteiger partial charge in [0.25, 0.3) is 0 Å². The van der Waals surface area contributed by atoms with E-state index < -0.39 is 10.0 Å². The number of piperazine rings is 1. The van der Waals surface area contributed by atoms with Gasteiger partial charge in [-0.15, -0.1) is 0 Å². The van der Waals surface area contributed by atoms with Crippen molar-refractivity contribution in [3.05, 3.63) is 65.2 Å². The topological polar surface area (TPSA) is 69.7 Å². The van der Waals surface area contributed by atoms with Crippen LogP contribution in [-0.2, 0) is 22.9 Å². The normalized spacial score (nSPS) is 20.7. The molecule has 2 aromatic rings. The highest BCUT2D eigenvalue weighted by atomic mass is 32.2. The Hall–Kier alpha value is -2.22. The third-order valence-corrected chi connectivity index (χ3v) is 6.68. The molecule has 2 aliphatic rings. The van der Waals surface area contributed by atoms with Gasteiger partial charge < -0.3 is 4.90 Å². The predicted molar refractivity (Wildman–Crippen MR) is 120 cm³/mol. The van der Waals surface area contributed by atoms with Crippen LogP contribution in [0.3, 0.4) is 0 Å². The quantitative estimate of drug-likeness (QED) is 0.767. The number of rotatable bonds is 6.